The van der Waals surface area contributed by atoms with Gasteiger partial charge < -0.3 is 9.47 Å². The van der Waals surface area contributed by atoms with E-state index < -0.39 is 16.7 Å². The third-order valence-electron chi connectivity index (χ3n) is 2.97. The number of thiocarbonyl (C=S) groups is 1. The maximum absolute atomic E-state index is 11.8. The summed E-state index contributed by atoms with van der Waals surface area (Å²) in [5.41, 5.74) is -0.640. The van der Waals surface area contributed by atoms with Crippen molar-refractivity contribution in [2.45, 2.75) is 0 Å². The van der Waals surface area contributed by atoms with Gasteiger partial charge in [0.2, 0.25) is 0 Å². The Bertz CT molecular complexity index is 736. The first-order chi connectivity index (χ1) is 10.9. The van der Waals surface area contributed by atoms with Crippen molar-refractivity contribution in [3.8, 4) is 11.5 Å². The van der Waals surface area contributed by atoms with Gasteiger partial charge in [-0.3, -0.25) is 30.3 Å². The molecule has 0 radical (unpaired) electrons. The van der Waals surface area contributed by atoms with Gasteiger partial charge in [-0.15, -0.1) is 0 Å². The highest BCUT2D eigenvalue weighted by molar-refractivity contribution is 7.80. The van der Waals surface area contributed by atoms with E-state index in [0.717, 1.165) is 12.1 Å². The van der Waals surface area contributed by atoms with Gasteiger partial charge in [0.1, 0.15) is 5.57 Å². The molecule has 2 amide bonds. The number of nitro groups is 1. The molecular weight excluding hydrogens is 326 g/mol. The molecule has 2 rings (SSSR count). The number of amides is 2. The molecule has 0 bridgehead atoms. The number of nitro benzene ring substituents is 1. The minimum atomic E-state index is -0.747. The van der Waals surface area contributed by atoms with Gasteiger partial charge in [0.25, 0.3) is 17.5 Å². The SMILES string of the molecule is COc1cc(C=C2C(=O)NC(=S)NC2=O)c([N+](=O)[O-])cc1OC. The van der Waals surface area contributed by atoms with E-state index >= 15 is 0 Å². The van der Waals surface area contributed by atoms with Crippen molar-refractivity contribution in [1.82, 2.24) is 10.6 Å². The summed E-state index contributed by atoms with van der Waals surface area (Å²) >= 11 is 4.68. The van der Waals surface area contributed by atoms with Crippen molar-refractivity contribution in [3.63, 3.8) is 0 Å². The molecule has 9 nitrogen and oxygen atoms in total. The summed E-state index contributed by atoms with van der Waals surface area (Å²) in [7, 11) is 2.70. The number of carbonyl (C=O) groups excluding carboxylic acids is 2. The van der Waals surface area contributed by atoms with Gasteiger partial charge >= 0.3 is 0 Å². The highest BCUT2D eigenvalue weighted by atomic mass is 32.1. The fourth-order valence-electron chi connectivity index (χ4n) is 1.92. The third-order valence-corrected chi connectivity index (χ3v) is 3.18. The zero-order valence-corrected chi connectivity index (χ0v) is 12.9. The first kappa shape index (κ1) is 16.4. The normalized spacial score (nSPS) is 14.0. The van der Waals surface area contributed by atoms with Crippen molar-refractivity contribution in [2.24, 2.45) is 0 Å². The number of hydrogen-bond acceptors (Lipinski definition) is 7. The fraction of sp³-hybridized carbons (Fsp3) is 0.154. The van der Waals surface area contributed by atoms with E-state index in [1.54, 1.807) is 0 Å². The minimum absolute atomic E-state index is 0.0146. The maximum Gasteiger partial charge on any atom is 0.280 e. The van der Waals surface area contributed by atoms with E-state index in [4.69, 9.17) is 9.47 Å². The molecule has 1 aliphatic rings. The summed E-state index contributed by atoms with van der Waals surface area (Å²) in [4.78, 5) is 34.2. The lowest BCUT2D eigenvalue weighted by Gasteiger charge is -2.16. The lowest BCUT2D eigenvalue weighted by Crippen LogP contribution is -2.51. The summed E-state index contributed by atoms with van der Waals surface area (Å²) in [5.74, 6) is -1.12. The van der Waals surface area contributed by atoms with Crippen LogP contribution in [0, 0.1) is 10.1 Å². The van der Waals surface area contributed by atoms with Crippen LogP contribution < -0.4 is 20.1 Å². The van der Waals surface area contributed by atoms with Crippen LogP contribution in [0.5, 0.6) is 11.5 Å². The van der Waals surface area contributed by atoms with Gasteiger partial charge in [0.05, 0.1) is 30.8 Å². The van der Waals surface area contributed by atoms with Crippen LogP contribution in [0.2, 0.25) is 0 Å². The number of carbonyl (C=O) groups is 2. The molecule has 0 aliphatic carbocycles. The van der Waals surface area contributed by atoms with Crippen LogP contribution in [-0.4, -0.2) is 36.1 Å². The minimum Gasteiger partial charge on any atom is -0.493 e. The number of benzene rings is 1. The van der Waals surface area contributed by atoms with Gasteiger partial charge in [-0.2, -0.15) is 0 Å². The van der Waals surface area contributed by atoms with Crippen molar-refractivity contribution < 1.29 is 24.0 Å². The molecule has 1 aromatic rings. The molecule has 1 aliphatic heterocycles. The van der Waals surface area contributed by atoms with E-state index in [9.17, 15) is 19.7 Å². The van der Waals surface area contributed by atoms with Crippen molar-refractivity contribution >= 4 is 40.9 Å². The zero-order chi connectivity index (χ0) is 17.1. The van der Waals surface area contributed by atoms with Crippen molar-refractivity contribution in [2.75, 3.05) is 14.2 Å². The predicted octanol–water partition coefficient (Wildman–Crippen LogP) is 0.526. The molecule has 1 heterocycles. The summed E-state index contributed by atoms with van der Waals surface area (Å²) in [6.07, 6.45) is 1.09. The van der Waals surface area contributed by atoms with Gasteiger partial charge in [-0.05, 0) is 24.4 Å². The summed E-state index contributed by atoms with van der Waals surface area (Å²) in [6.45, 7) is 0. The Hall–Kier alpha value is -3.01. The van der Waals surface area contributed by atoms with E-state index in [1.165, 1.54) is 20.3 Å². The smallest absolute Gasteiger partial charge is 0.280 e. The van der Waals surface area contributed by atoms with Crippen molar-refractivity contribution in [1.29, 1.82) is 0 Å². The third kappa shape index (κ3) is 3.26. The molecule has 2 N–H and O–H groups in total. The number of nitrogens with one attached hydrogen (secondary N) is 2. The summed E-state index contributed by atoms with van der Waals surface area (Å²) in [6, 6.07) is 2.45. The van der Waals surface area contributed by atoms with Crippen LogP contribution in [0.1, 0.15) is 5.56 Å². The molecule has 23 heavy (non-hydrogen) atoms. The molecule has 1 saturated heterocycles. The molecular formula is C13H11N3O6S. The van der Waals surface area contributed by atoms with Crippen LogP contribution >= 0.6 is 12.2 Å². The highest BCUT2D eigenvalue weighted by Crippen LogP contribution is 2.35. The molecule has 1 aromatic carbocycles. The number of hydrogen-bond donors (Lipinski definition) is 2. The topological polar surface area (TPSA) is 120 Å². The average molecular weight is 337 g/mol. The molecule has 0 unspecified atom stereocenters. The molecule has 0 saturated carbocycles. The highest BCUT2D eigenvalue weighted by Gasteiger charge is 2.27. The Kier molecular flexibility index (Phi) is 4.55. The number of rotatable bonds is 4. The van der Waals surface area contributed by atoms with E-state index in [2.05, 4.69) is 22.9 Å². The van der Waals surface area contributed by atoms with Gasteiger partial charge in [0, 0.05) is 0 Å². The maximum atomic E-state index is 11.8. The van der Waals surface area contributed by atoms with Crippen LogP contribution in [0.4, 0.5) is 5.69 Å². The predicted molar refractivity (Wildman–Crippen MR) is 83.1 cm³/mol. The average Bonchev–Trinajstić information content (AvgIpc) is 2.49. The van der Waals surface area contributed by atoms with Gasteiger partial charge in [-0.25, -0.2) is 0 Å². The van der Waals surface area contributed by atoms with Crippen LogP contribution in [-0.2, 0) is 9.59 Å². The van der Waals surface area contributed by atoms with Crippen LogP contribution in [0.25, 0.3) is 6.08 Å². The lowest BCUT2D eigenvalue weighted by molar-refractivity contribution is -0.385. The van der Waals surface area contributed by atoms with E-state index in [-0.39, 0.29) is 33.4 Å². The second-order valence-electron chi connectivity index (χ2n) is 4.32. The number of methoxy groups -OCH3 is 2. The molecule has 0 spiro atoms. The Labute approximate surface area is 135 Å². The monoisotopic (exact) mass is 337 g/mol. The quantitative estimate of drug-likeness (QED) is 0.270. The Morgan fingerprint density at radius 2 is 1.65 bits per heavy atom. The first-order valence-electron chi connectivity index (χ1n) is 6.16. The fourth-order valence-corrected chi connectivity index (χ4v) is 2.10. The zero-order valence-electron chi connectivity index (χ0n) is 12.0. The second-order valence-corrected chi connectivity index (χ2v) is 4.73. The second kappa shape index (κ2) is 6.40. The van der Waals surface area contributed by atoms with E-state index in [1.807, 2.05) is 0 Å². The summed E-state index contributed by atoms with van der Waals surface area (Å²) in [5, 5.41) is 15.6. The molecule has 1 fully saturated rings. The molecule has 0 atom stereocenters. The van der Waals surface area contributed by atoms with Gasteiger partial charge in [0.15, 0.2) is 16.6 Å². The van der Waals surface area contributed by atoms with Crippen LogP contribution in [0.3, 0.4) is 0 Å². The number of ether oxygens (including phenoxy) is 2. The Morgan fingerprint density at radius 3 is 2.13 bits per heavy atom. The lowest BCUT2D eigenvalue weighted by atomic mass is 10.1. The largest absolute Gasteiger partial charge is 0.493 e. The first-order valence-corrected chi connectivity index (χ1v) is 6.57. The standard InChI is InChI=1S/C13H11N3O6S/c1-21-9-4-6(8(16(19)20)5-10(9)22-2)3-7-11(17)14-13(23)15-12(7)18/h3-5H,1-2H3,(H2,14,15,17,18,23). The number of nitrogens with zero attached hydrogens (tertiary/aromatic N) is 1. The van der Waals surface area contributed by atoms with Crippen molar-refractivity contribution in [3.05, 3.63) is 33.4 Å². The molecule has 10 heteroatoms. The van der Waals surface area contributed by atoms with Crippen LogP contribution in [0.15, 0.2) is 17.7 Å². The Balaban J connectivity index is 2.60. The van der Waals surface area contributed by atoms with Gasteiger partial charge in [-0.1, -0.05) is 0 Å². The Morgan fingerprint density at radius 1 is 1.13 bits per heavy atom. The molecule has 0 aromatic heterocycles. The molecule has 120 valence electrons. The van der Waals surface area contributed by atoms with E-state index in [0.29, 0.717) is 0 Å². The summed E-state index contributed by atoms with van der Waals surface area (Å²) < 4.78 is 10.1.